The van der Waals surface area contributed by atoms with E-state index in [9.17, 15) is 9.50 Å². The van der Waals surface area contributed by atoms with Gasteiger partial charge in [-0.25, -0.2) is 4.39 Å². The number of halogens is 1. The van der Waals surface area contributed by atoms with E-state index in [0.29, 0.717) is 30.0 Å². The van der Waals surface area contributed by atoms with Gasteiger partial charge in [-0.3, -0.25) is 0 Å². The number of phenols is 1. The zero-order valence-corrected chi connectivity index (χ0v) is 13.3. The smallest absolute Gasteiger partial charge is 0.149 e. The number of aromatic hydroxyl groups is 1. The number of anilines is 1. The number of alkyl halides is 1. The van der Waals surface area contributed by atoms with Gasteiger partial charge in [0.2, 0.25) is 0 Å². The Balaban J connectivity index is 1.78. The third kappa shape index (κ3) is 3.59. The number of hydrogen-bond donors (Lipinski definition) is 2. The number of aryl methyl sites for hydroxylation is 1. The molecule has 1 aliphatic rings. The van der Waals surface area contributed by atoms with Crippen LogP contribution in [0.25, 0.3) is 11.3 Å². The number of benzene rings is 1. The maximum atomic E-state index is 13.7. The monoisotopic (exact) mass is 316 g/mol. The number of likely N-dealkylation sites (tertiary alicyclic amines) is 1. The normalized spacial score (nSPS) is 22.0. The van der Waals surface area contributed by atoms with Crippen LogP contribution in [0.2, 0.25) is 0 Å². The number of nitrogens with one attached hydrogen (secondary N) is 1. The minimum atomic E-state index is -0.819. The maximum Gasteiger partial charge on any atom is 0.149 e. The second kappa shape index (κ2) is 6.50. The first-order valence-electron chi connectivity index (χ1n) is 7.75. The van der Waals surface area contributed by atoms with E-state index in [1.807, 2.05) is 37.1 Å². The number of hydrogen-bond acceptors (Lipinski definition) is 5. The van der Waals surface area contributed by atoms with Crippen LogP contribution in [0.3, 0.4) is 0 Å². The molecule has 2 atom stereocenters. The van der Waals surface area contributed by atoms with E-state index in [4.69, 9.17) is 0 Å². The van der Waals surface area contributed by atoms with Gasteiger partial charge in [-0.1, -0.05) is 12.1 Å². The summed E-state index contributed by atoms with van der Waals surface area (Å²) in [4.78, 5) is 1.97. The van der Waals surface area contributed by atoms with Crippen molar-refractivity contribution in [3.63, 3.8) is 0 Å². The van der Waals surface area contributed by atoms with E-state index in [0.717, 1.165) is 12.1 Å². The zero-order chi connectivity index (χ0) is 16.4. The average Bonchev–Trinajstić information content (AvgIpc) is 2.47. The largest absolute Gasteiger partial charge is 0.507 e. The molecule has 1 aromatic carbocycles. The lowest BCUT2D eigenvalue weighted by atomic mass is 10.0. The molecule has 0 spiro atoms. The molecule has 1 aliphatic heterocycles. The summed E-state index contributed by atoms with van der Waals surface area (Å²) >= 11 is 0. The van der Waals surface area contributed by atoms with Gasteiger partial charge in [-0.2, -0.15) is 0 Å². The predicted octanol–water partition coefficient (Wildman–Crippen LogP) is 2.61. The molecule has 2 aromatic rings. The number of phenolic OH excluding ortho intramolecular Hbond substituents is 1. The second-order valence-electron chi connectivity index (χ2n) is 6.17. The molecular formula is C17H21FN4O. The molecule has 0 bridgehead atoms. The minimum Gasteiger partial charge on any atom is -0.507 e. The second-order valence-corrected chi connectivity index (χ2v) is 6.17. The molecule has 6 heteroatoms. The van der Waals surface area contributed by atoms with Crippen molar-refractivity contribution < 1.29 is 9.50 Å². The highest BCUT2D eigenvalue weighted by molar-refractivity contribution is 5.69. The lowest BCUT2D eigenvalue weighted by Crippen LogP contribution is -2.45. The van der Waals surface area contributed by atoms with Crippen LogP contribution in [0.4, 0.5) is 10.2 Å². The summed E-state index contributed by atoms with van der Waals surface area (Å²) in [6.45, 7) is 3.18. The fraction of sp³-hybridized carbons (Fsp3) is 0.412. The Morgan fingerprint density at radius 1 is 1.26 bits per heavy atom. The molecule has 2 N–H and O–H groups in total. The molecule has 1 aromatic heterocycles. The van der Waals surface area contributed by atoms with Crippen LogP contribution in [0.1, 0.15) is 12.0 Å². The lowest BCUT2D eigenvalue weighted by molar-refractivity contribution is 0.153. The fourth-order valence-corrected chi connectivity index (χ4v) is 3.06. The molecule has 1 fully saturated rings. The summed E-state index contributed by atoms with van der Waals surface area (Å²) in [7, 11) is 1.92. The van der Waals surface area contributed by atoms with Gasteiger partial charge in [0.25, 0.3) is 0 Å². The highest BCUT2D eigenvalue weighted by Crippen LogP contribution is 2.29. The van der Waals surface area contributed by atoms with Crippen molar-refractivity contribution in [2.45, 2.75) is 25.6 Å². The third-order valence-electron chi connectivity index (χ3n) is 4.08. The van der Waals surface area contributed by atoms with Gasteiger partial charge >= 0.3 is 0 Å². The van der Waals surface area contributed by atoms with Crippen LogP contribution in [0.5, 0.6) is 5.75 Å². The van der Waals surface area contributed by atoms with Crippen LogP contribution < -0.4 is 5.32 Å². The first-order valence-corrected chi connectivity index (χ1v) is 7.75. The molecule has 2 heterocycles. The van der Waals surface area contributed by atoms with Gasteiger partial charge in [-0.05, 0) is 37.7 Å². The molecule has 0 radical (unpaired) electrons. The Bertz CT molecular complexity index is 684. The summed E-state index contributed by atoms with van der Waals surface area (Å²) in [6, 6.07) is 8.96. The Hall–Kier alpha value is -2.21. The highest BCUT2D eigenvalue weighted by Gasteiger charge is 2.25. The highest BCUT2D eigenvalue weighted by atomic mass is 19.1. The number of piperidine rings is 1. The SMILES string of the molecule is Cc1cc(N[C@@H]2C[C@@H](F)CN(C)C2)nnc1-c1ccccc1O. The van der Waals surface area contributed by atoms with Gasteiger partial charge < -0.3 is 15.3 Å². The Morgan fingerprint density at radius 2 is 2.04 bits per heavy atom. The van der Waals surface area contributed by atoms with Crippen LogP contribution >= 0.6 is 0 Å². The summed E-state index contributed by atoms with van der Waals surface area (Å²) in [6.07, 6.45) is -0.340. The van der Waals surface area contributed by atoms with Gasteiger partial charge in [0.05, 0.1) is 5.69 Å². The Labute approximate surface area is 135 Å². The molecule has 1 saturated heterocycles. The van der Waals surface area contributed by atoms with Crippen LogP contribution in [-0.2, 0) is 0 Å². The molecule has 0 aliphatic carbocycles. The summed E-state index contributed by atoms with van der Waals surface area (Å²) in [5, 5.41) is 21.6. The predicted molar refractivity (Wildman–Crippen MR) is 88.3 cm³/mol. The van der Waals surface area contributed by atoms with Crippen LogP contribution in [0.15, 0.2) is 30.3 Å². The number of aromatic nitrogens is 2. The van der Waals surface area contributed by atoms with E-state index in [-0.39, 0.29) is 11.8 Å². The minimum absolute atomic E-state index is 0.0217. The molecule has 3 rings (SSSR count). The number of likely N-dealkylation sites (N-methyl/N-ethyl adjacent to an activating group) is 1. The standard InChI is InChI=1S/C17H21FN4O/c1-11-7-16(19-13-8-12(18)9-22(2)10-13)20-21-17(11)14-5-3-4-6-15(14)23/h3-7,12-13,23H,8-10H2,1-2H3,(H,19,20)/t12-,13-/m1/s1. The molecule has 5 nitrogen and oxygen atoms in total. The number of rotatable bonds is 3. The Morgan fingerprint density at radius 3 is 2.74 bits per heavy atom. The topological polar surface area (TPSA) is 61.3 Å². The number of para-hydroxylation sites is 1. The third-order valence-corrected chi connectivity index (χ3v) is 4.08. The van der Waals surface area contributed by atoms with Crippen molar-refractivity contribution in [2.75, 3.05) is 25.5 Å². The van der Waals surface area contributed by atoms with Gasteiger partial charge in [0.15, 0.2) is 0 Å². The van der Waals surface area contributed by atoms with Gasteiger partial charge in [0, 0.05) is 31.1 Å². The van der Waals surface area contributed by atoms with Crippen molar-refractivity contribution in [1.29, 1.82) is 0 Å². The first-order chi connectivity index (χ1) is 11.0. The molecule has 122 valence electrons. The van der Waals surface area contributed by atoms with Gasteiger partial charge in [-0.15, -0.1) is 10.2 Å². The molecular weight excluding hydrogens is 295 g/mol. The summed E-state index contributed by atoms with van der Waals surface area (Å²) in [5.74, 6) is 0.814. The van der Waals surface area contributed by atoms with Crippen LogP contribution in [-0.4, -0.2) is 52.6 Å². The average molecular weight is 316 g/mol. The van der Waals surface area contributed by atoms with E-state index in [2.05, 4.69) is 15.5 Å². The Kier molecular flexibility index (Phi) is 4.43. The van der Waals surface area contributed by atoms with E-state index >= 15 is 0 Å². The van der Waals surface area contributed by atoms with E-state index in [1.165, 1.54) is 0 Å². The van der Waals surface area contributed by atoms with Gasteiger partial charge in [0.1, 0.15) is 17.7 Å². The molecule has 23 heavy (non-hydrogen) atoms. The van der Waals surface area contributed by atoms with Crippen molar-refractivity contribution >= 4 is 5.82 Å². The first kappa shape index (κ1) is 15.7. The molecule has 0 saturated carbocycles. The van der Waals surface area contributed by atoms with Crippen molar-refractivity contribution in [2.24, 2.45) is 0 Å². The lowest BCUT2D eigenvalue weighted by Gasteiger charge is -2.32. The van der Waals surface area contributed by atoms with Crippen molar-refractivity contribution in [1.82, 2.24) is 15.1 Å². The maximum absolute atomic E-state index is 13.7. The molecule has 0 unspecified atom stereocenters. The number of nitrogens with zero attached hydrogens (tertiary/aromatic N) is 3. The van der Waals surface area contributed by atoms with Crippen molar-refractivity contribution in [3.8, 4) is 17.0 Å². The van der Waals surface area contributed by atoms with E-state index in [1.54, 1.807) is 12.1 Å². The zero-order valence-electron chi connectivity index (χ0n) is 13.3. The quantitative estimate of drug-likeness (QED) is 0.911. The molecule has 0 amide bonds. The summed E-state index contributed by atoms with van der Waals surface area (Å²) in [5.41, 5.74) is 2.22. The summed E-state index contributed by atoms with van der Waals surface area (Å²) < 4.78 is 13.7. The van der Waals surface area contributed by atoms with Crippen molar-refractivity contribution in [3.05, 3.63) is 35.9 Å². The van der Waals surface area contributed by atoms with Crippen LogP contribution in [0, 0.1) is 6.92 Å². The van der Waals surface area contributed by atoms with E-state index < -0.39 is 6.17 Å². The fourth-order valence-electron chi connectivity index (χ4n) is 3.06.